The summed E-state index contributed by atoms with van der Waals surface area (Å²) in [7, 11) is -3.62. The molecule has 2 aliphatic rings. The number of aliphatic hydroxyl groups is 2. The number of anilines is 2. The number of fused-ring (bicyclic) bond motifs is 5. The largest absolute Gasteiger partial charge is 1.00 e. The number of methoxy groups -OCH3 is 1. The number of alkyl halides is 3. The van der Waals surface area contributed by atoms with E-state index in [2.05, 4.69) is 76.6 Å². The second kappa shape index (κ2) is 53.9. The molecule has 46 heteroatoms. The number of carbonyl (C=O) groups is 4. The van der Waals surface area contributed by atoms with Gasteiger partial charge in [0.25, 0.3) is 6.48 Å². The number of nitrogens with one attached hydrogen (secondary N) is 1. The predicted molar refractivity (Wildman–Crippen MR) is 522 cm³/mol. The van der Waals surface area contributed by atoms with Crippen molar-refractivity contribution in [3.8, 4) is 45.6 Å². The number of amides is 1. The van der Waals surface area contributed by atoms with Crippen LogP contribution in [0.3, 0.4) is 0 Å². The first-order valence-corrected chi connectivity index (χ1v) is 44.9. The van der Waals surface area contributed by atoms with Crippen molar-refractivity contribution in [2.24, 2.45) is 0 Å². The topological polar surface area (TPSA) is 518 Å². The molecule has 3 radical (unpaired) electrons. The Balaban J connectivity index is 0.000000286. The Morgan fingerprint density at radius 2 is 0.979 bits per heavy atom. The molecule has 0 bridgehead atoms. The molecule has 1 aliphatic carbocycles. The molecule has 8 heterocycles. The van der Waals surface area contributed by atoms with Crippen molar-refractivity contribution in [2.45, 2.75) is 137 Å². The maximum absolute atomic E-state index is 12.5. The van der Waals surface area contributed by atoms with Crippen LogP contribution < -0.4 is 50.3 Å². The molecule has 1 saturated carbocycles. The Hall–Kier alpha value is -12.5. The van der Waals surface area contributed by atoms with Gasteiger partial charge in [0.1, 0.15) is 62.5 Å². The van der Waals surface area contributed by atoms with Crippen molar-refractivity contribution in [1.82, 2.24) is 35.2 Å². The first kappa shape index (κ1) is 117. The van der Waals surface area contributed by atoms with E-state index in [1.165, 1.54) is 69.9 Å². The number of carbonyl (C=O) groups excluding carboxylic acids is 3. The Bertz CT molecular complexity index is 6790. The first-order chi connectivity index (χ1) is 65.7. The van der Waals surface area contributed by atoms with Gasteiger partial charge < -0.3 is 106 Å². The number of hydrogen-bond donors (Lipinski definition) is 8. The van der Waals surface area contributed by atoms with Gasteiger partial charge in [0, 0.05) is 72.1 Å². The minimum absolute atomic E-state index is 0. The van der Waals surface area contributed by atoms with Crippen LogP contribution in [0.4, 0.5) is 29.3 Å². The molecule has 9 aromatic carbocycles. The van der Waals surface area contributed by atoms with Crippen LogP contribution in [-0.2, 0) is 53.3 Å². The van der Waals surface area contributed by atoms with Crippen molar-refractivity contribution >= 4 is 166 Å². The van der Waals surface area contributed by atoms with Crippen LogP contribution in [0.25, 0.3) is 78.1 Å². The Kier molecular flexibility index (Phi) is 44.8. The number of aromatic carboxylic acids is 1. The van der Waals surface area contributed by atoms with Gasteiger partial charge >= 0.3 is 70.3 Å². The number of aromatic nitrogens is 7. The maximum atomic E-state index is 12.5. The number of benzene rings is 9. The fourth-order valence-corrected chi connectivity index (χ4v) is 13.7. The number of nitrogens with two attached hydrogens (primary N) is 1. The van der Waals surface area contributed by atoms with Crippen molar-refractivity contribution in [3.63, 3.8) is 0 Å². The number of hydrogen-bond acceptors (Lipinski definition) is 34. The van der Waals surface area contributed by atoms with Gasteiger partial charge in [-0.3, -0.25) is 14.9 Å². The minimum Gasteiger partial charge on any atom is -1.00 e. The molecule has 9 N–H and O–H groups in total. The third-order valence-electron chi connectivity index (χ3n) is 20.5. The van der Waals surface area contributed by atoms with E-state index in [0.717, 1.165) is 74.6 Å². The Morgan fingerprint density at radius 1 is 0.574 bits per heavy atom. The fraction of sp³-hybridized carbons (Fsp3) is 0.274. The summed E-state index contributed by atoms with van der Waals surface area (Å²) >= 11 is 6.71. The van der Waals surface area contributed by atoms with Crippen molar-refractivity contribution in [3.05, 3.63) is 262 Å². The number of nitrogens with zero attached hydrogens (tertiary/aromatic N) is 7. The summed E-state index contributed by atoms with van der Waals surface area (Å²) in [6, 6.07) is 52.1. The smallest absolute Gasteiger partial charge is 1.00 e. The Labute approximate surface area is 855 Å². The standard InChI is InChI=1S/C20H16BrN3O4.C17H23BO4.C11H8BrNO3.C9H9NO2.C9H7NO2.C8H4F3NO4S.C7H5NO2.C7H16O3.C6H7NO2.CH4O.B.ClH.Na.H/c1-11-17(19(28-24-11)13-6-8-14(21)9-7-13)23-20(25)27-12(2)15-4-3-5-16-18(15)22-10-26-16;1-15(2)16(3,4)22-18(21-15)13-8-6-12(7-9-13)17(10-11-17)14(19)20-5;1-6-9(11(14)15)10(16-13-6)7-2-4-8(12)5-3-7;2*1-6(11)7-3-2-4-8-9(7)10-5-12-8;9-8(10,11)17(13,14)16-6-3-1-2-5-7(6)12-4-15-5;9-5-2-1-3-6-7(5)8-4-10-6;1-4-8-7(9-5-2)10-6-3;7-6-4(8)2-1-3-5(6)9;1-2;;;;/h3-10,12H,1-2H3,(H,23,25);6-9H,10-11H2,1-5H3;2-5H,1H3,(H,14,15);2-6,11H,1H3;2-5H,1H3;1-4H;1-4,9H;7H,4-6H2,1-3H3;1-3,8-9H,7H2;2H,1H3;;1H;;/q;;;;;;;;;;;;+1;-1. The Morgan fingerprint density at radius 3 is 1.43 bits per heavy atom. The molecule has 1 amide bonds. The number of ether oxygens (including phenoxy) is 5. The number of carboxylic acids is 1. The summed E-state index contributed by atoms with van der Waals surface area (Å²) in [5.74, 6) is -0.961. The van der Waals surface area contributed by atoms with E-state index in [1.54, 1.807) is 76.2 Å². The monoisotopic (exact) mass is 2130 g/mol. The fourth-order valence-electron chi connectivity index (χ4n) is 12.7. The van der Waals surface area contributed by atoms with E-state index in [1.807, 2.05) is 146 Å². The quantitative estimate of drug-likeness (QED) is 0.00545. The first-order valence-electron chi connectivity index (χ1n) is 41.9. The summed E-state index contributed by atoms with van der Waals surface area (Å²) in [5.41, 5.74) is 11.0. The number of aliphatic hydroxyl groups excluding tert-OH is 2. The number of rotatable bonds is 19. The maximum Gasteiger partial charge on any atom is 1.00 e. The van der Waals surface area contributed by atoms with Crippen LogP contribution in [-0.4, -0.2) is 171 Å². The van der Waals surface area contributed by atoms with Gasteiger partial charge in [-0.1, -0.05) is 115 Å². The summed E-state index contributed by atoms with van der Waals surface area (Å²) in [5, 5.41) is 62.5. The second-order valence-electron chi connectivity index (χ2n) is 30.3. The van der Waals surface area contributed by atoms with Crippen LogP contribution in [0.2, 0.25) is 0 Å². The van der Waals surface area contributed by atoms with Gasteiger partial charge in [0.15, 0.2) is 94.0 Å². The molecule has 141 heavy (non-hydrogen) atoms. The van der Waals surface area contributed by atoms with Gasteiger partial charge in [-0.25, -0.2) is 34.5 Å². The number of ketones is 1. The number of esters is 1. The van der Waals surface area contributed by atoms with Crippen LogP contribution in [0.5, 0.6) is 23.0 Å². The number of nitrogen functional groups attached to an aromatic ring is 1. The SMILES string of the molecule is CC(=O)c1cccc2ocnc12.CC(O)c1cccc2ocnc12.CCOC(OCC)OCC.CO.COC(=O)C1(c2ccc(B3OC(C)(C)C(C)(C)O3)cc2)CC1.Cc1noc(-c2ccc(Br)cc2)c1C(=O)O.Cc1noc(-c2ccc(Br)cc2)c1NC(=O)OC(C)c1cccc2ocnc12.Cl.Nc1c(O)cccc1O.O=S(=O)(Oc1cccc2ocnc12)C(F)(F)F.Oc1cccc2ocnc12.[B].[H-].[Na+]. The number of para-hydroxylation sites is 6. The molecule has 2 unspecified atom stereocenters. The van der Waals surface area contributed by atoms with Gasteiger partial charge in [-0.15, -0.1) is 12.4 Å². The molecule has 0 spiro atoms. The molecule has 1 saturated heterocycles. The number of aryl methyl sites for hydroxylation is 2. The van der Waals surface area contributed by atoms with E-state index in [4.69, 9.17) is 95.4 Å². The van der Waals surface area contributed by atoms with Crippen LogP contribution in [0.15, 0.2) is 254 Å². The third-order valence-corrected chi connectivity index (χ3v) is 22.5. The molecule has 7 aromatic heterocycles. The van der Waals surface area contributed by atoms with Gasteiger partial charge in [-0.05, 0) is 216 Å². The zero-order chi connectivity index (χ0) is 101. The van der Waals surface area contributed by atoms with Crippen molar-refractivity contribution < 1.29 is 171 Å². The summed E-state index contributed by atoms with van der Waals surface area (Å²) in [4.78, 5) is 66.1. The molecule has 743 valence electrons. The van der Waals surface area contributed by atoms with E-state index < -0.39 is 57.5 Å². The molecular formula is C95H101B2Br2ClF3N9NaO27S. The number of oxazole rings is 5. The summed E-state index contributed by atoms with van der Waals surface area (Å²) in [6.07, 6.45) is 6.45. The van der Waals surface area contributed by atoms with Crippen molar-refractivity contribution in [2.75, 3.05) is 45.1 Å². The molecular weight excluding hydrogens is 2030 g/mol. The molecule has 36 nitrogen and oxygen atoms in total. The number of carboxylic acid groups (broad SMARTS) is 1. The average molecular weight is 2130 g/mol. The van der Waals surface area contributed by atoms with Crippen LogP contribution in [0, 0.1) is 13.8 Å². The molecule has 18 rings (SSSR count). The molecule has 2 atom stereocenters. The van der Waals surface area contributed by atoms with Gasteiger partial charge in [0.05, 0.1) is 35.5 Å². The molecule has 16 aromatic rings. The summed E-state index contributed by atoms with van der Waals surface area (Å²) < 4.78 is 137. The number of Topliss-reactive ketones (excluding diaryl/α,β-unsaturated/α-hetero) is 1. The number of phenols is 3. The predicted octanol–water partition coefficient (Wildman–Crippen LogP) is 17.5. The zero-order valence-corrected chi connectivity index (χ0v) is 85.6. The van der Waals surface area contributed by atoms with Crippen molar-refractivity contribution in [1.29, 1.82) is 0 Å². The van der Waals surface area contributed by atoms with Crippen LogP contribution >= 0.6 is 44.3 Å². The number of aromatic hydroxyl groups is 3. The number of halogens is 6. The van der Waals surface area contributed by atoms with E-state index in [9.17, 15) is 45.9 Å². The summed E-state index contributed by atoms with van der Waals surface area (Å²) in [6.45, 7) is 23.6. The van der Waals surface area contributed by atoms with Gasteiger partial charge in [0.2, 0.25) is 0 Å². The van der Waals surface area contributed by atoms with E-state index in [-0.39, 0.29) is 127 Å². The van der Waals surface area contributed by atoms with E-state index in [0.29, 0.717) is 92.7 Å². The molecule has 1 aliphatic heterocycles. The normalized spacial score (nSPS) is 13.1. The molecule has 2 fully saturated rings. The van der Waals surface area contributed by atoms with Crippen LogP contribution in [0.1, 0.15) is 145 Å². The zero-order valence-electron chi connectivity index (χ0n) is 79.8. The average Bonchev–Trinajstić information content (AvgIpc) is 1.59. The second-order valence-corrected chi connectivity index (χ2v) is 33.7. The number of phenolic OH excluding ortho intramolecular Hbond substituents is 3. The third kappa shape index (κ3) is 31.0. The minimum atomic E-state index is -5.70. The van der Waals surface area contributed by atoms with Gasteiger partial charge in [-0.2, -0.15) is 21.6 Å². The van der Waals surface area contributed by atoms with E-state index >= 15 is 0 Å².